The zero-order valence-corrected chi connectivity index (χ0v) is 15.4. The molecule has 1 amide bonds. The first-order chi connectivity index (χ1) is 14.0. The summed E-state index contributed by atoms with van der Waals surface area (Å²) in [6.45, 7) is 1.59. The van der Waals surface area contributed by atoms with E-state index in [0.29, 0.717) is 11.3 Å². The number of halogens is 1. The molecular weight excluding hydrogens is 373 g/mol. The minimum atomic E-state index is -0.534. The van der Waals surface area contributed by atoms with Gasteiger partial charge in [0.05, 0.1) is 17.5 Å². The normalized spacial score (nSPS) is 10.7. The second-order valence-corrected chi connectivity index (χ2v) is 6.32. The van der Waals surface area contributed by atoms with Crippen molar-refractivity contribution in [2.24, 2.45) is 0 Å². The van der Waals surface area contributed by atoms with Gasteiger partial charge in [0.15, 0.2) is 5.76 Å². The van der Waals surface area contributed by atoms with Gasteiger partial charge in [-0.15, -0.1) is 0 Å². The molecule has 144 valence electrons. The molecule has 29 heavy (non-hydrogen) atoms. The van der Waals surface area contributed by atoms with Crippen LogP contribution in [0.15, 0.2) is 82.2 Å². The largest absolute Gasteiger partial charge is 0.459 e. The van der Waals surface area contributed by atoms with Crippen molar-refractivity contribution in [2.45, 2.75) is 6.92 Å². The van der Waals surface area contributed by atoms with Crippen molar-refractivity contribution in [3.63, 3.8) is 0 Å². The average Bonchev–Trinajstić information content (AvgIpc) is 3.27. The number of rotatable bonds is 4. The molecule has 4 rings (SSSR count). The molecule has 0 unspecified atom stereocenters. The van der Waals surface area contributed by atoms with Crippen LogP contribution in [0.5, 0.6) is 0 Å². The van der Waals surface area contributed by atoms with E-state index >= 15 is 0 Å². The van der Waals surface area contributed by atoms with Crippen molar-refractivity contribution in [1.82, 2.24) is 9.78 Å². The zero-order valence-electron chi connectivity index (χ0n) is 15.4. The second-order valence-electron chi connectivity index (χ2n) is 6.32. The first-order valence-corrected chi connectivity index (χ1v) is 8.85. The van der Waals surface area contributed by atoms with Crippen LogP contribution in [0, 0.1) is 12.7 Å². The lowest BCUT2D eigenvalue weighted by molar-refractivity contribution is 0.0996. The fourth-order valence-electron chi connectivity index (χ4n) is 2.97. The number of nitrogens with one attached hydrogen (secondary N) is 1. The lowest BCUT2D eigenvalue weighted by Crippen LogP contribution is -2.24. The predicted octanol–water partition coefficient (Wildman–Crippen LogP) is 4.19. The van der Waals surface area contributed by atoms with Crippen LogP contribution in [-0.2, 0) is 0 Å². The predicted molar refractivity (Wildman–Crippen MR) is 107 cm³/mol. The summed E-state index contributed by atoms with van der Waals surface area (Å²) in [4.78, 5) is 25.7. The van der Waals surface area contributed by atoms with Gasteiger partial charge in [-0.05, 0) is 48.9 Å². The van der Waals surface area contributed by atoms with Crippen LogP contribution >= 0.6 is 0 Å². The van der Waals surface area contributed by atoms with Crippen LogP contribution in [0.3, 0.4) is 0 Å². The Kier molecular flexibility index (Phi) is 4.78. The molecule has 2 aromatic heterocycles. The highest BCUT2D eigenvalue weighted by molar-refractivity contribution is 6.04. The summed E-state index contributed by atoms with van der Waals surface area (Å²) in [5.74, 6) is -0.688. The van der Waals surface area contributed by atoms with Gasteiger partial charge in [0.1, 0.15) is 17.3 Å². The summed E-state index contributed by atoms with van der Waals surface area (Å²) in [6.07, 6.45) is 1.38. The van der Waals surface area contributed by atoms with Gasteiger partial charge < -0.3 is 9.73 Å². The number of hydrogen-bond acceptors (Lipinski definition) is 4. The molecule has 0 saturated heterocycles. The Morgan fingerprint density at radius 2 is 1.76 bits per heavy atom. The van der Waals surface area contributed by atoms with Gasteiger partial charge in [-0.3, -0.25) is 9.59 Å². The minimum absolute atomic E-state index is 0.0858. The van der Waals surface area contributed by atoms with Crippen LogP contribution in [0.25, 0.3) is 16.8 Å². The fraction of sp³-hybridized carbons (Fsp3) is 0.0455. The molecule has 0 atom stereocenters. The van der Waals surface area contributed by atoms with Crippen molar-refractivity contribution in [3.8, 4) is 16.8 Å². The van der Waals surface area contributed by atoms with Gasteiger partial charge in [-0.2, -0.15) is 5.10 Å². The van der Waals surface area contributed by atoms with E-state index in [1.165, 1.54) is 41.3 Å². The number of furan rings is 1. The summed E-state index contributed by atoms with van der Waals surface area (Å²) in [5, 5.41) is 7.06. The first kappa shape index (κ1) is 18.4. The zero-order chi connectivity index (χ0) is 20.4. The highest BCUT2D eigenvalue weighted by Gasteiger charge is 2.21. The van der Waals surface area contributed by atoms with Gasteiger partial charge in [0.25, 0.3) is 5.91 Å². The number of carbonyl (C=O) groups excluding carboxylic acids is 1. The summed E-state index contributed by atoms with van der Waals surface area (Å²) >= 11 is 0. The first-order valence-electron chi connectivity index (χ1n) is 8.85. The van der Waals surface area contributed by atoms with Crippen molar-refractivity contribution in [2.75, 3.05) is 5.32 Å². The molecule has 0 aliphatic rings. The third kappa shape index (κ3) is 3.58. The Morgan fingerprint density at radius 1 is 1.03 bits per heavy atom. The van der Waals surface area contributed by atoms with E-state index < -0.39 is 11.7 Å². The monoisotopic (exact) mass is 389 g/mol. The number of amides is 1. The van der Waals surface area contributed by atoms with E-state index in [1.54, 1.807) is 37.3 Å². The second kappa shape index (κ2) is 7.55. The molecule has 2 aromatic carbocycles. The maximum absolute atomic E-state index is 13.4. The minimum Gasteiger partial charge on any atom is -0.459 e. The third-order valence-electron chi connectivity index (χ3n) is 4.36. The molecule has 1 N–H and O–H groups in total. The number of aromatic nitrogens is 2. The molecule has 2 heterocycles. The number of anilines is 1. The van der Waals surface area contributed by atoms with Crippen molar-refractivity contribution >= 4 is 11.7 Å². The molecule has 7 heteroatoms. The highest BCUT2D eigenvalue weighted by Crippen LogP contribution is 2.27. The fourth-order valence-corrected chi connectivity index (χ4v) is 2.97. The van der Waals surface area contributed by atoms with Crippen molar-refractivity contribution in [1.29, 1.82) is 0 Å². The topological polar surface area (TPSA) is 77.1 Å². The Morgan fingerprint density at radius 3 is 2.41 bits per heavy atom. The quantitative estimate of drug-likeness (QED) is 0.568. The number of hydrogen-bond donors (Lipinski definition) is 1. The lowest BCUT2D eigenvalue weighted by Gasteiger charge is -2.18. The van der Waals surface area contributed by atoms with Gasteiger partial charge in [0.2, 0.25) is 5.43 Å². The van der Waals surface area contributed by atoms with Crippen LogP contribution in [0.1, 0.15) is 16.2 Å². The van der Waals surface area contributed by atoms with Crippen LogP contribution in [0.4, 0.5) is 10.2 Å². The average molecular weight is 389 g/mol. The van der Waals surface area contributed by atoms with Crippen molar-refractivity contribution < 1.29 is 13.6 Å². The van der Waals surface area contributed by atoms with E-state index in [-0.39, 0.29) is 28.3 Å². The Bertz CT molecular complexity index is 1210. The van der Waals surface area contributed by atoms with Crippen molar-refractivity contribution in [3.05, 3.63) is 100 Å². The maximum atomic E-state index is 13.4. The molecule has 0 saturated carbocycles. The Hall–Kier alpha value is -4.00. The molecule has 0 bridgehead atoms. The summed E-state index contributed by atoms with van der Waals surface area (Å²) < 4.78 is 20.0. The molecule has 0 radical (unpaired) electrons. The standard InChI is InChI=1S/C22H16FN3O3/c1-14-20(27)19(15-6-3-2-4-7-15)21(24-22(28)18-8-5-13-29-18)26(25-14)17-11-9-16(23)10-12-17/h2-13H,1H3,(H,24,28). The molecule has 4 aromatic rings. The lowest BCUT2D eigenvalue weighted by atomic mass is 10.1. The van der Waals surface area contributed by atoms with Gasteiger partial charge in [-0.25, -0.2) is 9.07 Å². The highest BCUT2D eigenvalue weighted by atomic mass is 19.1. The summed E-state index contributed by atoms with van der Waals surface area (Å²) in [7, 11) is 0. The van der Waals surface area contributed by atoms with Gasteiger partial charge in [-0.1, -0.05) is 30.3 Å². The molecule has 0 fully saturated rings. The van der Waals surface area contributed by atoms with E-state index in [9.17, 15) is 14.0 Å². The molecule has 0 aliphatic heterocycles. The van der Waals surface area contributed by atoms with Crippen LogP contribution in [0.2, 0.25) is 0 Å². The van der Waals surface area contributed by atoms with Crippen LogP contribution in [-0.4, -0.2) is 15.7 Å². The van der Waals surface area contributed by atoms with E-state index in [1.807, 2.05) is 6.07 Å². The van der Waals surface area contributed by atoms with E-state index in [4.69, 9.17) is 4.42 Å². The molecule has 0 aliphatic carbocycles. The van der Waals surface area contributed by atoms with E-state index in [2.05, 4.69) is 10.4 Å². The molecule has 0 spiro atoms. The van der Waals surface area contributed by atoms with Gasteiger partial charge in [0, 0.05) is 0 Å². The van der Waals surface area contributed by atoms with E-state index in [0.717, 1.165) is 0 Å². The SMILES string of the molecule is Cc1nn(-c2ccc(F)cc2)c(NC(=O)c2ccco2)c(-c2ccccc2)c1=O. The number of nitrogens with zero attached hydrogens (tertiary/aromatic N) is 2. The number of carbonyl (C=O) groups is 1. The summed E-state index contributed by atoms with van der Waals surface area (Å²) in [6, 6.07) is 17.7. The van der Waals surface area contributed by atoms with Gasteiger partial charge >= 0.3 is 0 Å². The summed E-state index contributed by atoms with van der Waals surface area (Å²) in [5.41, 5.74) is 1.31. The maximum Gasteiger partial charge on any atom is 0.292 e. The molecular formula is C22H16FN3O3. The Labute approximate surface area is 165 Å². The molecule has 6 nitrogen and oxygen atoms in total. The number of benzene rings is 2. The third-order valence-corrected chi connectivity index (χ3v) is 4.36. The smallest absolute Gasteiger partial charge is 0.292 e. The Balaban J connectivity index is 1.97. The van der Waals surface area contributed by atoms with Crippen LogP contribution < -0.4 is 10.7 Å². The number of aryl methyl sites for hydroxylation is 1.